The molecule has 0 heterocycles. The minimum atomic E-state index is -0.0850. The molecule has 0 N–H and O–H groups in total. The Morgan fingerprint density at radius 1 is 1.06 bits per heavy atom. The van der Waals surface area contributed by atoms with Gasteiger partial charge in [0.1, 0.15) is 0 Å². The lowest BCUT2D eigenvalue weighted by Gasteiger charge is -2.11. The van der Waals surface area contributed by atoms with Crippen LogP contribution in [0.3, 0.4) is 0 Å². The van der Waals surface area contributed by atoms with Crippen LogP contribution in [0.25, 0.3) is 0 Å². The molecule has 1 atom stereocenters. The molecule has 18 heavy (non-hydrogen) atoms. The van der Waals surface area contributed by atoms with Crippen LogP contribution in [-0.4, -0.2) is 0 Å². The standard InChI is InChI=1S/C16H16BrCl/c1-2-4-12-7-9-13(10-8-12)16(18)14-5-3-6-15(17)11-14/h3,5-11,16H,2,4H2,1H3. The predicted octanol–water partition coefficient (Wildman–Crippen LogP) is 5.73. The van der Waals surface area contributed by atoms with Gasteiger partial charge in [-0.25, -0.2) is 0 Å². The summed E-state index contributed by atoms with van der Waals surface area (Å²) in [5, 5.41) is -0.0850. The van der Waals surface area contributed by atoms with Crippen LogP contribution in [0.1, 0.15) is 35.4 Å². The van der Waals surface area contributed by atoms with Gasteiger partial charge in [-0.2, -0.15) is 0 Å². The monoisotopic (exact) mass is 322 g/mol. The van der Waals surface area contributed by atoms with Crippen molar-refractivity contribution in [3.63, 3.8) is 0 Å². The Morgan fingerprint density at radius 3 is 2.39 bits per heavy atom. The topological polar surface area (TPSA) is 0 Å². The molecule has 0 aliphatic heterocycles. The summed E-state index contributed by atoms with van der Waals surface area (Å²) in [6, 6.07) is 16.8. The minimum absolute atomic E-state index is 0.0850. The first-order valence-corrected chi connectivity index (χ1v) is 7.42. The first-order chi connectivity index (χ1) is 8.70. The Morgan fingerprint density at radius 2 is 1.78 bits per heavy atom. The van der Waals surface area contributed by atoms with Crippen LogP contribution in [0, 0.1) is 0 Å². The number of halogens is 2. The zero-order chi connectivity index (χ0) is 13.0. The van der Waals surface area contributed by atoms with Crippen molar-refractivity contribution in [2.45, 2.75) is 25.1 Å². The molecule has 0 aliphatic carbocycles. The van der Waals surface area contributed by atoms with Gasteiger partial charge < -0.3 is 0 Å². The third-order valence-corrected chi connectivity index (χ3v) is 3.95. The fourth-order valence-electron chi connectivity index (χ4n) is 2.00. The van der Waals surface area contributed by atoms with E-state index in [9.17, 15) is 0 Å². The van der Waals surface area contributed by atoms with Crippen LogP contribution < -0.4 is 0 Å². The van der Waals surface area contributed by atoms with Gasteiger partial charge in [-0.05, 0) is 35.2 Å². The molecule has 0 saturated heterocycles. The summed E-state index contributed by atoms with van der Waals surface area (Å²) in [6.07, 6.45) is 2.30. The highest BCUT2D eigenvalue weighted by atomic mass is 79.9. The third-order valence-electron chi connectivity index (χ3n) is 2.95. The molecule has 0 bridgehead atoms. The summed E-state index contributed by atoms with van der Waals surface area (Å²) < 4.78 is 1.06. The zero-order valence-corrected chi connectivity index (χ0v) is 12.7. The van der Waals surface area contributed by atoms with Gasteiger partial charge in [0.05, 0.1) is 5.38 Å². The molecule has 94 valence electrons. The molecule has 2 heteroatoms. The highest BCUT2D eigenvalue weighted by Crippen LogP contribution is 2.30. The van der Waals surface area contributed by atoms with Gasteiger partial charge in [-0.15, -0.1) is 11.6 Å². The Bertz CT molecular complexity index is 505. The molecule has 0 spiro atoms. The Balaban J connectivity index is 2.20. The van der Waals surface area contributed by atoms with E-state index in [0.29, 0.717) is 0 Å². The molecular formula is C16H16BrCl. The Labute approximate surface area is 122 Å². The fraction of sp³-hybridized carbons (Fsp3) is 0.250. The maximum atomic E-state index is 6.51. The van der Waals surface area contributed by atoms with Crippen molar-refractivity contribution in [1.29, 1.82) is 0 Å². The quantitative estimate of drug-likeness (QED) is 0.630. The summed E-state index contributed by atoms with van der Waals surface area (Å²) in [5.41, 5.74) is 3.64. The summed E-state index contributed by atoms with van der Waals surface area (Å²) in [7, 11) is 0. The average molecular weight is 324 g/mol. The smallest absolute Gasteiger partial charge is 0.0835 e. The largest absolute Gasteiger partial charge is 0.113 e. The van der Waals surface area contributed by atoms with Gasteiger partial charge in [0.2, 0.25) is 0 Å². The van der Waals surface area contributed by atoms with Crippen molar-refractivity contribution in [3.8, 4) is 0 Å². The fourth-order valence-corrected chi connectivity index (χ4v) is 2.70. The van der Waals surface area contributed by atoms with Crippen LogP contribution in [0.2, 0.25) is 0 Å². The van der Waals surface area contributed by atoms with E-state index in [0.717, 1.165) is 22.0 Å². The lowest BCUT2D eigenvalue weighted by Crippen LogP contribution is -1.94. The summed E-state index contributed by atoms with van der Waals surface area (Å²) in [4.78, 5) is 0. The predicted molar refractivity (Wildman–Crippen MR) is 82.3 cm³/mol. The molecule has 1 unspecified atom stereocenters. The van der Waals surface area contributed by atoms with Crippen molar-refractivity contribution in [3.05, 3.63) is 69.7 Å². The second-order valence-electron chi connectivity index (χ2n) is 4.41. The van der Waals surface area contributed by atoms with E-state index in [1.807, 2.05) is 12.1 Å². The molecule has 0 amide bonds. The zero-order valence-electron chi connectivity index (χ0n) is 10.4. The van der Waals surface area contributed by atoms with Gasteiger partial charge in [0.25, 0.3) is 0 Å². The van der Waals surface area contributed by atoms with Crippen LogP contribution in [0.5, 0.6) is 0 Å². The molecular weight excluding hydrogens is 308 g/mol. The molecule has 0 fully saturated rings. The van der Waals surface area contributed by atoms with E-state index < -0.39 is 0 Å². The van der Waals surface area contributed by atoms with Crippen molar-refractivity contribution < 1.29 is 0 Å². The molecule has 0 saturated carbocycles. The van der Waals surface area contributed by atoms with E-state index in [-0.39, 0.29) is 5.38 Å². The number of benzene rings is 2. The molecule has 0 aliphatic rings. The number of hydrogen-bond donors (Lipinski definition) is 0. The van der Waals surface area contributed by atoms with E-state index in [2.05, 4.69) is 59.3 Å². The number of rotatable bonds is 4. The Hall–Kier alpha value is -0.790. The molecule has 2 aromatic rings. The first kappa shape index (κ1) is 13.6. The lowest BCUT2D eigenvalue weighted by atomic mass is 10.0. The molecule has 2 aromatic carbocycles. The van der Waals surface area contributed by atoms with Crippen molar-refractivity contribution >= 4 is 27.5 Å². The van der Waals surface area contributed by atoms with E-state index >= 15 is 0 Å². The highest BCUT2D eigenvalue weighted by molar-refractivity contribution is 9.10. The Kier molecular flexibility index (Phi) is 4.85. The summed E-state index contributed by atoms with van der Waals surface area (Å²) in [6.45, 7) is 2.19. The lowest BCUT2D eigenvalue weighted by molar-refractivity contribution is 0.920. The normalized spacial score (nSPS) is 12.4. The molecule has 0 nitrogen and oxygen atoms in total. The second-order valence-corrected chi connectivity index (χ2v) is 5.76. The van der Waals surface area contributed by atoms with Crippen molar-refractivity contribution in [2.24, 2.45) is 0 Å². The van der Waals surface area contributed by atoms with Crippen LogP contribution in [0.15, 0.2) is 53.0 Å². The van der Waals surface area contributed by atoms with Crippen LogP contribution in [-0.2, 0) is 6.42 Å². The summed E-state index contributed by atoms with van der Waals surface area (Å²) >= 11 is 9.99. The van der Waals surface area contributed by atoms with Crippen LogP contribution >= 0.6 is 27.5 Å². The molecule has 0 aromatic heterocycles. The maximum absolute atomic E-state index is 6.51. The number of aryl methyl sites for hydroxylation is 1. The van der Waals surface area contributed by atoms with Gasteiger partial charge in [0, 0.05) is 4.47 Å². The van der Waals surface area contributed by atoms with Gasteiger partial charge in [-0.3, -0.25) is 0 Å². The first-order valence-electron chi connectivity index (χ1n) is 6.19. The number of hydrogen-bond acceptors (Lipinski definition) is 0. The maximum Gasteiger partial charge on any atom is 0.0835 e. The average Bonchev–Trinajstić information content (AvgIpc) is 2.39. The van der Waals surface area contributed by atoms with Crippen molar-refractivity contribution in [1.82, 2.24) is 0 Å². The molecule has 2 rings (SSSR count). The number of alkyl halides is 1. The van der Waals surface area contributed by atoms with Gasteiger partial charge >= 0.3 is 0 Å². The molecule has 0 radical (unpaired) electrons. The van der Waals surface area contributed by atoms with E-state index in [1.54, 1.807) is 0 Å². The minimum Gasteiger partial charge on any atom is -0.113 e. The third kappa shape index (κ3) is 3.37. The second kappa shape index (κ2) is 6.40. The van der Waals surface area contributed by atoms with Gasteiger partial charge in [0.15, 0.2) is 0 Å². The van der Waals surface area contributed by atoms with E-state index in [4.69, 9.17) is 11.6 Å². The highest BCUT2D eigenvalue weighted by Gasteiger charge is 2.10. The SMILES string of the molecule is CCCc1ccc(C(Cl)c2cccc(Br)c2)cc1. The van der Waals surface area contributed by atoms with Crippen LogP contribution in [0.4, 0.5) is 0 Å². The summed E-state index contributed by atoms with van der Waals surface area (Å²) in [5.74, 6) is 0. The van der Waals surface area contributed by atoms with E-state index in [1.165, 1.54) is 12.0 Å². The van der Waals surface area contributed by atoms with Crippen molar-refractivity contribution in [2.75, 3.05) is 0 Å². The van der Waals surface area contributed by atoms with Gasteiger partial charge in [-0.1, -0.05) is 65.7 Å².